The predicted octanol–water partition coefficient (Wildman–Crippen LogP) is 4.62. The summed E-state index contributed by atoms with van der Waals surface area (Å²) in [7, 11) is 0. The van der Waals surface area contributed by atoms with Gasteiger partial charge >= 0.3 is 0 Å². The third-order valence-corrected chi connectivity index (χ3v) is 7.40. The highest BCUT2D eigenvalue weighted by Gasteiger charge is 2.21. The van der Waals surface area contributed by atoms with Gasteiger partial charge < -0.3 is 23.9 Å². The molecule has 2 aromatic carbocycles. The molecule has 0 bridgehead atoms. The summed E-state index contributed by atoms with van der Waals surface area (Å²) >= 11 is 0. The van der Waals surface area contributed by atoms with Crippen LogP contribution in [0.3, 0.4) is 0 Å². The van der Waals surface area contributed by atoms with E-state index in [4.69, 9.17) is 18.6 Å². The molecule has 0 aliphatic carbocycles. The summed E-state index contributed by atoms with van der Waals surface area (Å²) in [4.78, 5) is 9.40. The summed E-state index contributed by atoms with van der Waals surface area (Å²) < 4.78 is 23.4. The summed E-state index contributed by atoms with van der Waals surface area (Å²) in [5, 5.41) is 4.66. The van der Waals surface area contributed by atoms with Gasteiger partial charge in [0.25, 0.3) is 0 Å². The second-order valence-corrected chi connectivity index (χ2v) is 9.92. The van der Waals surface area contributed by atoms with E-state index in [-0.39, 0.29) is 0 Å². The van der Waals surface area contributed by atoms with Crippen molar-refractivity contribution in [2.75, 3.05) is 84.2 Å². The van der Waals surface area contributed by atoms with Crippen molar-refractivity contribution in [2.24, 2.45) is 0 Å². The van der Waals surface area contributed by atoms with Crippen LogP contribution in [-0.2, 0) is 9.47 Å². The van der Waals surface area contributed by atoms with Gasteiger partial charge in [-0.1, -0.05) is 30.3 Å². The van der Waals surface area contributed by atoms with Crippen LogP contribution >= 0.6 is 0 Å². The van der Waals surface area contributed by atoms with Crippen molar-refractivity contribution in [1.82, 2.24) is 14.8 Å². The number of hydrogen-bond donors (Lipinski definition) is 1. The quantitative estimate of drug-likeness (QED) is 0.320. The predicted molar refractivity (Wildman–Crippen MR) is 153 cm³/mol. The number of furan rings is 1. The number of rotatable bonds is 10. The third kappa shape index (κ3) is 6.25. The van der Waals surface area contributed by atoms with Gasteiger partial charge in [0.1, 0.15) is 18.1 Å². The molecule has 0 amide bonds. The molecule has 0 saturated carbocycles. The van der Waals surface area contributed by atoms with Gasteiger partial charge in [0.05, 0.1) is 31.8 Å². The number of aromatic nitrogens is 1. The maximum atomic E-state index is 6.44. The van der Waals surface area contributed by atoms with E-state index in [0.717, 1.165) is 112 Å². The molecular formula is C31H36N4O4. The van der Waals surface area contributed by atoms with Crippen LogP contribution in [-0.4, -0.2) is 93.6 Å². The first kappa shape index (κ1) is 25.8. The van der Waals surface area contributed by atoms with Gasteiger partial charge in [-0.05, 0) is 35.9 Å². The molecule has 2 fully saturated rings. The van der Waals surface area contributed by atoms with Crippen LogP contribution in [0.25, 0.3) is 33.6 Å². The second kappa shape index (κ2) is 12.6. The fourth-order valence-electron chi connectivity index (χ4n) is 5.25. The van der Waals surface area contributed by atoms with Gasteiger partial charge in [-0.2, -0.15) is 0 Å². The molecule has 0 unspecified atom stereocenters. The van der Waals surface area contributed by atoms with Crippen molar-refractivity contribution in [3.05, 3.63) is 66.9 Å². The smallest absolute Gasteiger partial charge is 0.229 e. The summed E-state index contributed by atoms with van der Waals surface area (Å²) in [6.45, 7) is 10.5. The van der Waals surface area contributed by atoms with Crippen LogP contribution in [0.1, 0.15) is 0 Å². The van der Waals surface area contributed by atoms with Crippen molar-refractivity contribution in [3.63, 3.8) is 0 Å². The van der Waals surface area contributed by atoms with Crippen LogP contribution in [0.5, 0.6) is 5.75 Å². The molecule has 2 aromatic heterocycles. The summed E-state index contributed by atoms with van der Waals surface area (Å²) in [5.41, 5.74) is 4.80. The highest BCUT2D eigenvalue weighted by atomic mass is 16.5. The number of nitrogens with one attached hydrogen (secondary N) is 1. The third-order valence-electron chi connectivity index (χ3n) is 7.40. The normalized spacial score (nSPS) is 16.9. The van der Waals surface area contributed by atoms with Gasteiger partial charge in [0.15, 0.2) is 0 Å². The standard InChI is InChI=1S/C31H36N4O4/c1-2-4-24(5-3-1)28-29-27(32-12-13-34-14-19-36-20-15-34)10-11-33-31(29)39-30(28)25-6-8-26(9-7-25)38-23-18-35-16-21-37-22-17-35/h1-11H,12-23H2,(H,32,33). The molecule has 4 aromatic rings. The largest absolute Gasteiger partial charge is 0.492 e. The Morgan fingerprint density at radius 3 is 2.18 bits per heavy atom. The number of hydrogen-bond acceptors (Lipinski definition) is 8. The van der Waals surface area contributed by atoms with E-state index in [9.17, 15) is 0 Å². The van der Waals surface area contributed by atoms with E-state index in [1.165, 1.54) is 0 Å². The van der Waals surface area contributed by atoms with Gasteiger partial charge in [0, 0.05) is 68.8 Å². The minimum Gasteiger partial charge on any atom is -0.492 e. The van der Waals surface area contributed by atoms with Crippen molar-refractivity contribution in [2.45, 2.75) is 0 Å². The molecule has 8 heteroatoms. The Morgan fingerprint density at radius 1 is 0.769 bits per heavy atom. The molecule has 39 heavy (non-hydrogen) atoms. The van der Waals surface area contributed by atoms with Gasteiger partial charge in [-0.25, -0.2) is 4.98 Å². The average molecular weight is 529 g/mol. The number of fused-ring (bicyclic) bond motifs is 1. The number of morpholine rings is 2. The average Bonchev–Trinajstić information content (AvgIpc) is 3.40. The molecule has 0 atom stereocenters. The lowest BCUT2D eigenvalue weighted by atomic mass is 9.98. The molecule has 204 valence electrons. The lowest BCUT2D eigenvalue weighted by molar-refractivity contribution is 0.0322. The Bertz CT molecular complexity index is 1330. The first-order valence-corrected chi connectivity index (χ1v) is 13.9. The van der Waals surface area contributed by atoms with Crippen molar-refractivity contribution in [3.8, 4) is 28.2 Å². The lowest BCUT2D eigenvalue weighted by Gasteiger charge is -2.26. The van der Waals surface area contributed by atoms with E-state index in [2.05, 4.69) is 56.5 Å². The summed E-state index contributed by atoms with van der Waals surface area (Å²) in [6, 6.07) is 20.6. The minimum absolute atomic E-state index is 0.631. The van der Waals surface area contributed by atoms with Crippen LogP contribution in [0.2, 0.25) is 0 Å². The van der Waals surface area contributed by atoms with Crippen LogP contribution in [0.15, 0.2) is 71.3 Å². The fraction of sp³-hybridized carbons (Fsp3) is 0.387. The van der Waals surface area contributed by atoms with Crippen molar-refractivity contribution < 1.29 is 18.6 Å². The molecule has 8 nitrogen and oxygen atoms in total. The van der Waals surface area contributed by atoms with Crippen LogP contribution in [0.4, 0.5) is 5.69 Å². The molecular weight excluding hydrogens is 492 g/mol. The molecule has 2 saturated heterocycles. The van der Waals surface area contributed by atoms with Crippen molar-refractivity contribution in [1.29, 1.82) is 0 Å². The first-order chi connectivity index (χ1) is 19.3. The summed E-state index contributed by atoms with van der Waals surface area (Å²) in [6.07, 6.45) is 1.81. The SMILES string of the molecule is c1ccc(-c2c(-c3ccc(OCCN4CCOCC4)cc3)oc3nccc(NCCN4CCOCC4)c23)cc1. The van der Waals surface area contributed by atoms with E-state index < -0.39 is 0 Å². The number of nitrogens with zero attached hydrogens (tertiary/aromatic N) is 3. The Kier molecular flexibility index (Phi) is 8.35. The Morgan fingerprint density at radius 2 is 1.46 bits per heavy atom. The fourth-order valence-corrected chi connectivity index (χ4v) is 5.25. The lowest BCUT2D eigenvalue weighted by Crippen LogP contribution is -2.39. The molecule has 0 spiro atoms. The number of benzene rings is 2. The zero-order chi connectivity index (χ0) is 26.3. The Balaban J connectivity index is 1.24. The number of anilines is 1. The second-order valence-electron chi connectivity index (χ2n) is 9.92. The minimum atomic E-state index is 0.631. The van der Waals surface area contributed by atoms with E-state index in [1.807, 2.05) is 30.5 Å². The highest BCUT2D eigenvalue weighted by molar-refractivity contribution is 6.06. The van der Waals surface area contributed by atoms with Crippen LogP contribution in [0, 0.1) is 0 Å². The highest BCUT2D eigenvalue weighted by Crippen LogP contribution is 2.43. The van der Waals surface area contributed by atoms with E-state index in [0.29, 0.717) is 12.3 Å². The van der Waals surface area contributed by atoms with Crippen molar-refractivity contribution >= 4 is 16.8 Å². The van der Waals surface area contributed by atoms with E-state index >= 15 is 0 Å². The zero-order valence-corrected chi connectivity index (χ0v) is 22.3. The molecule has 1 N–H and O–H groups in total. The number of ether oxygens (including phenoxy) is 3. The summed E-state index contributed by atoms with van der Waals surface area (Å²) in [5.74, 6) is 1.67. The Hall–Kier alpha value is -3.43. The first-order valence-electron chi connectivity index (χ1n) is 13.9. The molecule has 2 aliphatic rings. The van der Waals surface area contributed by atoms with Gasteiger partial charge in [0.2, 0.25) is 5.71 Å². The topological polar surface area (TPSA) is 72.2 Å². The van der Waals surface area contributed by atoms with Crippen LogP contribution < -0.4 is 10.1 Å². The van der Waals surface area contributed by atoms with Gasteiger partial charge in [-0.15, -0.1) is 0 Å². The molecule has 6 rings (SSSR count). The maximum Gasteiger partial charge on any atom is 0.229 e. The molecule has 4 heterocycles. The zero-order valence-electron chi connectivity index (χ0n) is 22.3. The Labute approximate surface area is 229 Å². The van der Waals surface area contributed by atoms with Gasteiger partial charge in [-0.3, -0.25) is 9.80 Å². The maximum absolute atomic E-state index is 6.44. The number of pyridine rings is 1. The van der Waals surface area contributed by atoms with E-state index in [1.54, 1.807) is 0 Å². The monoisotopic (exact) mass is 528 g/mol. The molecule has 2 aliphatic heterocycles. The molecule has 0 radical (unpaired) electrons.